The van der Waals surface area contributed by atoms with Gasteiger partial charge < -0.3 is 20.5 Å². The van der Waals surface area contributed by atoms with Crippen molar-refractivity contribution in [3.8, 4) is 17.3 Å². The molecule has 0 fully saturated rings. The Morgan fingerprint density at radius 3 is 2.62 bits per heavy atom. The number of nitrogens with two attached hydrogens (primary N) is 1. The normalized spacial score (nSPS) is 11.5. The molecule has 0 spiro atoms. The summed E-state index contributed by atoms with van der Waals surface area (Å²) in [5.41, 5.74) is 8.11. The van der Waals surface area contributed by atoms with E-state index in [1.54, 1.807) is 62.0 Å². The number of nitrogens with one attached hydrogen (secondary N) is 3. The number of benzene rings is 2. The number of nitrogen functional groups attached to an aromatic ring is 1. The third kappa shape index (κ3) is 5.74. The number of aromatic amines is 1. The summed E-state index contributed by atoms with van der Waals surface area (Å²) in [5, 5.41) is 23.4. The van der Waals surface area contributed by atoms with Gasteiger partial charge in [-0.1, -0.05) is 12.1 Å². The number of ether oxygens (including phenoxy) is 2. The van der Waals surface area contributed by atoms with Crippen LogP contribution in [0.4, 0.5) is 5.69 Å². The average Bonchev–Trinajstić information content (AvgIpc) is 3.37. The lowest BCUT2D eigenvalue weighted by atomic mass is 10.0. The molecule has 0 aliphatic rings. The Morgan fingerprint density at radius 2 is 1.92 bits per heavy atom. The van der Waals surface area contributed by atoms with Crippen LogP contribution in [0, 0.1) is 5.41 Å². The average molecular weight is 524 g/mol. The minimum absolute atomic E-state index is 0.0308. The summed E-state index contributed by atoms with van der Waals surface area (Å²) in [6.07, 6.45) is 4.96. The second kappa shape index (κ2) is 11.3. The van der Waals surface area contributed by atoms with Crippen LogP contribution >= 0.6 is 0 Å². The Hall–Kier alpha value is -5.52. The second-order valence-electron chi connectivity index (χ2n) is 8.44. The molecule has 0 saturated carbocycles. The number of hydrogen-bond donors (Lipinski definition) is 4. The van der Waals surface area contributed by atoms with Gasteiger partial charge in [0, 0.05) is 35.4 Å². The maximum Gasteiger partial charge on any atom is 0.349 e. The van der Waals surface area contributed by atoms with E-state index in [9.17, 15) is 4.79 Å². The van der Waals surface area contributed by atoms with Crippen molar-refractivity contribution in [2.75, 3.05) is 12.4 Å². The zero-order valence-electron chi connectivity index (χ0n) is 20.9. The lowest BCUT2D eigenvalue weighted by Crippen LogP contribution is -2.17. The number of methoxy groups -OCH3 is 1. The molecule has 0 bridgehead atoms. The SMILES string of the molecule is COc1cc([C@H](Nc2ccc(C(=N)N)cc2)c2nn(-c3cccnn3)c(=O)[nH]2)ccc1OCc1cccnc1. The van der Waals surface area contributed by atoms with Crippen molar-refractivity contribution < 1.29 is 9.47 Å². The van der Waals surface area contributed by atoms with Gasteiger partial charge in [-0.05, 0) is 60.2 Å². The van der Waals surface area contributed by atoms with Crippen molar-refractivity contribution in [3.05, 3.63) is 118 Å². The summed E-state index contributed by atoms with van der Waals surface area (Å²) in [6, 6.07) is 19.0. The van der Waals surface area contributed by atoms with Gasteiger partial charge in [0.25, 0.3) is 0 Å². The van der Waals surface area contributed by atoms with Crippen LogP contribution in [0.2, 0.25) is 0 Å². The topological polar surface area (TPSA) is 170 Å². The molecule has 0 amide bonds. The molecule has 0 aliphatic heterocycles. The molecule has 5 aromatic rings. The number of pyridine rings is 1. The van der Waals surface area contributed by atoms with Gasteiger partial charge in [0.05, 0.1) is 7.11 Å². The molecule has 39 heavy (non-hydrogen) atoms. The Bertz CT molecular complexity index is 1620. The van der Waals surface area contributed by atoms with E-state index < -0.39 is 11.7 Å². The predicted octanol–water partition coefficient (Wildman–Crippen LogP) is 2.82. The smallest absolute Gasteiger partial charge is 0.349 e. The maximum atomic E-state index is 12.8. The number of amidine groups is 1. The van der Waals surface area contributed by atoms with Crippen molar-refractivity contribution in [2.24, 2.45) is 5.73 Å². The summed E-state index contributed by atoms with van der Waals surface area (Å²) < 4.78 is 12.8. The van der Waals surface area contributed by atoms with Crippen LogP contribution < -0.4 is 26.2 Å². The molecule has 196 valence electrons. The summed E-state index contributed by atoms with van der Waals surface area (Å²) in [5.74, 6) is 1.65. The van der Waals surface area contributed by atoms with E-state index >= 15 is 0 Å². The third-order valence-electron chi connectivity index (χ3n) is 5.83. The van der Waals surface area contributed by atoms with Crippen molar-refractivity contribution >= 4 is 11.5 Å². The molecule has 3 aromatic heterocycles. The molecule has 3 heterocycles. The van der Waals surface area contributed by atoms with E-state index in [0.717, 1.165) is 21.5 Å². The fourth-order valence-electron chi connectivity index (χ4n) is 3.88. The van der Waals surface area contributed by atoms with Gasteiger partial charge in [0.1, 0.15) is 18.5 Å². The highest BCUT2D eigenvalue weighted by molar-refractivity contribution is 5.95. The molecule has 0 unspecified atom stereocenters. The number of H-pyrrole nitrogens is 1. The van der Waals surface area contributed by atoms with Crippen molar-refractivity contribution in [1.29, 1.82) is 5.41 Å². The third-order valence-corrected chi connectivity index (χ3v) is 5.83. The van der Waals surface area contributed by atoms with E-state index in [0.29, 0.717) is 29.5 Å². The zero-order chi connectivity index (χ0) is 27.2. The lowest BCUT2D eigenvalue weighted by molar-refractivity contribution is 0.284. The first-order valence-electron chi connectivity index (χ1n) is 11.9. The number of nitrogens with zero attached hydrogens (tertiary/aromatic N) is 5. The Labute approximate surface area is 223 Å². The summed E-state index contributed by atoms with van der Waals surface area (Å²) in [6.45, 7) is 0.323. The fourth-order valence-corrected chi connectivity index (χ4v) is 3.88. The van der Waals surface area contributed by atoms with E-state index in [-0.39, 0.29) is 11.7 Å². The molecule has 5 N–H and O–H groups in total. The summed E-state index contributed by atoms with van der Waals surface area (Å²) in [4.78, 5) is 19.7. The Kier molecular flexibility index (Phi) is 7.26. The second-order valence-corrected chi connectivity index (χ2v) is 8.44. The zero-order valence-corrected chi connectivity index (χ0v) is 20.9. The number of hydrogen-bond acceptors (Lipinski definition) is 9. The first-order valence-corrected chi connectivity index (χ1v) is 11.9. The quantitative estimate of drug-likeness (QED) is 0.159. The molecule has 12 heteroatoms. The number of rotatable bonds is 10. The standard InChI is InChI=1S/C27H25N9O3/c1-38-22-14-19(8-11-21(22)39-16-17-4-2-12-30-15-17)24(32-20-9-6-18(7-10-20)25(28)29)26-33-27(37)36(35-26)23-5-3-13-31-34-23/h2-15,24,32H,16H2,1H3,(H3,28,29)(H,33,35,37)/t24-/m0/s1. The molecule has 5 rings (SSSR count). The van der Waals surface area contributed by atoms with Crippen molar-refractivity contribution in [3.63, 3.8) is 0 Å². The van der Waals surface area contributed by atoms with Crippen molar-refractivity contribution in [1.82, 2.24) is 29.9 Å². The van der Waals surface area contributed by atoms with Gasteiger partial charge >= 0.3 is 5.69 Å². The van der Waals surface area contributed by atoms with Gasteiger partial charge in [-0.2, -0.15) is 9.78 Å². The molecular formula is C27H25N9O3. The molecule has 2 aromatic carbocycles. The molecule has 0 aliphatic carbocycles. The van der Waals surface area contributed by atoms with Gasteiger partial charge in [-0.15, -0.1) is 10.2 Å². The highest BCUT2D eigenvalue weighted by Gasteiger charge is 2.22. The first kappa shape index (κ1) is 25.1. The Balaban J connectivity index is 1.50. The van der Waals surface area contributed by atoms with Crippen LogP contribution in [0.15, 0.2) is 90.1 Å². The van der Waals surface area contributed by atoms with Gasteiger partial charge in [0.2, 0.25) is 0 Å². The van der Waals surface area contributed by atoms with E-state index in [4.69, 9.17) is 20.6 Å². The van der Waals surface area contributed by atoms with Gasteiger partial charge in [-0.3, -0.25) is 15.4 Å². The van der Waals surface area contributed by atoms with E-state index in [1.807, 2.05) is 24.3 Å². The number of aromatic nitrogens is 6. The van der Waals surface area contributed by atoms with Crippen LogP contribution in [-0.2, 0) is 6.61 Å². The van der Waals surface area contributed by atoms with Crippen molar-refractivity contribution in [2.45, 2.75) is 12.6 Å². The van der Waals surface area contributed by atoms with E-state index in [1.165, 1.54) is 6.20 Å². The van der Waals surface area contributed by atoms with Crippen LogP contribution in [0.5, 0.6) is 11.5 Å². The van der Waals surface area contributed by atoms with Gasteiger partial charge in [0.15, 0.2) is 23.1 Å². The fraction of sp³-hybridized carbons (Fsp3) is 0.111. The monoisotopic (exact) mass is 523 g/mol. The molecule has 0 radical (unpaired) electrons. The minimum Gasteiger partial charge on any atom is -0.493 e. The van der Waals surface area contributed by atoms with Gasteiger partial charge in [-0.25, -0.2) is 4.79 Å². The highest BCUT2D eigenvalue weighted by Crippen LogP contribution is 2.33. The molecular weight excluding hydrogens is 498 g/mol. The summed E-state index contributed by atoms with van der Waals surface area (Å²) >= 11 is 0. The highest BCUT2D eigenvalue weighted by atomic mass is 16.5. The lowest BCUT2D eigenvalue weighted by Gasteiger charge is -2.20. The predicted molar refractivity (Wildman–Crippen MR) is 144 cm³/mol. The van der Waals surface area contributed by atoms with Crippen LogP contribution in [0.1, 0.15) is 28.6 Å². The van der Waals surface area contributed by atoms with Crippen LogP contribution in [-0.4, -0.2) is 42.9 Å². The minimum atomic E-state index is -0.597. The first-order chi connectivity index (χ1) is 19.0. The van der Waals surface area contributed by atoms with E-state index in [2.05, 4.69) is 30.6 Å². The Morgan fingerprint density at radius 1 is 1.10 bits per heavy atom. The maximum absolute atomic E-state index is 12.8. The summed E-state index contributed by atoms with van der Waals surface area (Å²) in [7, 11) is 1.56. The van der Waals surface area contributed by atoms with Crippen LogP contribution in [0.3, 0.4) is 0 Å². The number of anilines is 1. The molecule has 0 saturated heterocycles. The molecule has 1 atom stereocenters. The molecule has 12 nitrogen and oxygen atoms in total. The largest absolute Gasteiger partial charge is 0.493 e. The van der Waals surface area contributed by atoms with Crippen LogP contribution in [0.25, 0.3) is 5.82 Å².